The lowest BCUT2D eigenvalue weighted by atomic mass is 9.99. The molecule has 7 nitrogen and oxygen atoms in total. The minimum Gasteiger partial charge on any atom is -0.334 e. The van der Waals surface area contributed by atoms with Gasteiger partial charge in [0.15, 0.2) is 5.82 Å². The molecular weight excluding hydrogens is 316 g/mol. The van der Waals surface area contributed by atoms with Gasteiger partial charge in [0.1, 0.15) is 0 Å². The van der Waals surface area contributed by atoms with Crippen LogP contribution in [0.3, 0.4) is 0 Å². The van der Waals surface area contributed by atoms with E-state index in [4.69, 9.17) is 0 Å². The van der Waals surface area contributed by atoms with E-state index >= 15 is 0 Å². The molecule has 0 saturated carbocycles. The van der Waals surface area contributed by atoms with Crippen LogP contribution in [-0.4, -0.2) is 50.9 Å². The molecule has 2 aromatic heterocycles. The van der Waals surface area contributed by atoms with E-state index in [9.17, 15) is 4.79 Å². The second-order valence-corrected chi connectivity index (χ2v) is 6.79. The van der Waals surface area contributed by atoms with E-state index in [1.165, 1.54) is 25.8 Å². The van der Waals surface area contributed by atoms with Gasteiger partial charge in [-0.05, 0) is 49.6 Å². The van der Waals surface area contributed by atoms with Gasteiger partial charge in [-0.2, -0.15) is 5.10 Å². The second-order valence-electron chi connectivity index (χ2n) is 6.79. The molecule has 132 valence electrons. The van der Waals surface area contributed by atoms with Crippen LogP contribution in [0.15, 0.2) is 36.8 Å². The summed E-state index contributed by atoms with van der Waals surface area (Å²) in [4.78, 5) is 19.1. The summed E-state index contributed by atoms with van der Waals surface area (Å²) in [5.41, 5.74) is 1.00. The van der Waals surface area contributed by atoms with Crippen molar-refractivity contribution in [2.75, 3.05) is 13.1 Å². The second kappa shape index (κ2) is 7.23. The van der Waals surface area contributed by atoms with Crippen molar-refractivity contribution in [1.82, 2.24) is 30.3 Å². The van der Waals surface area contributed by atoms with Gasteiger partial charge in [-0.25, -0.2) is 14.5 Å². The van der Waals surface area contributed by atoms with E-state index in [2.05, 4.69) is 25.6 Å². The summed E-state index contributed by atoms with van der Waals surface area (Å²) in [5.74, 6) is 0.748. The van der Waals surface area contributed by atoms with Crippen LogP contribution in [0.5, 0.6) is 0 Å². The van der Waals surface area contributed by atoms with Crippen molar-refractivity contribution < 1.29 is 4.79 Å². The van der Waals surface area contributed by atoms with Crippen LogP contribution >= 0.6 is 0 Å². The van der Waals surface area contributed by atoms with Gasteiger partial charge in [-0.3, -0.25) is 4.90 Å². The Morgan fingerprint density at radius 1 is 1.24 bits per heavy atom. The molecule has 2 aromatic rings. The molecule has 2 aliphatic rings. The molecule has 2 saturated heterocycles. The fourth-order valence-electron chi connectivity index (χ4n) is 3.92. The zero-order chi connectivity index (χ0) is 17.1. The van der Waals surface area contributed by atoms with Gasteiger partial charge in [0, 0.05) is 43.8 Å². The predicted octanol–water partition coefficient (Wildman–Crippen LogP) is 1.69. The highest BCUT2D eigenvalue weighted by atomic mass is 16.2. The average molecular weight is 340 g/mol. The van der Waals surface area contributed by atoms with Gasteiger partial charge >= 0.3 is 6.03 Å². The lowest BCUT2D eigenvalue weighted by Gasteiger charge is -2.32. The molecule has 2 amide bonds. The van der Waals surface area contributed by atoms with Gasteiger partial charge in [0.05, 0.1) is 0 Å². The Balaban J connectivity index is 1.31. The Kier molecular flexibility index (Phi) is 4.65. The molecule has 4 heterocycles. The molecule has 2 fully saturated rings. The lowest BCUT2D eigenvalue weighted by molar-refractivity contribution is 0.179. The molecular formula is C18H24N6O. The standard InChI is InChI=1S/C18H24N6O/c25-18(22-15-6-11-23-9-2-1-4-16(15)23)20-13-14-5-8-19-17(12-14)24-10-3-7-21-24/h3,5,7-8,10,12,15-16H,1-2,4,6,9,11,13H2,(H2,20,22,25). The van der Waals surface area contributed by atoms with Crippen LogP contribution in [0.25, 0.3) is 5.82 Å². The number of nitrogens with one attached hydrogen (secondary N) is 2. The highest BCUT2D eigenvalue weighted by molar-refractivity contribution is 5.74. The van der Waals surface area contributed by atoms with Crippen molar-refractivity contribution in [3.8, 4) is 5.82 Å². The molecule has 0 spiro atoms. The molecule has 0 radical (unpaired) electrons. The number of nitrogens with zero attached hydrogens (tertiary/aromatic N) is 4. The first-order valence-corrected chi connectivity index (χ1v) is 9.03. The number of amides is 2. The predicted molar refractivity (Wildman–Crippen MR) is 94.3 cm³/mol. The van der Waals surface area contributed by atoms with Crippen LogP contribution in [0.1, 0.15) is 31.2 Å². The minimum atomic E-state index is -0.0881. The van der Waals surface area contributed by atoms with Crippen LogP contribution in [0.2, 0.25) is 0 Å². The van der Waals surface area contributed by atoms with E-state index in [-0.39, 0.29) is 12.1 Å². The van der Waals surface area contributed by atoms with Crippen LogP contribution < -0.4 is 10.6 Å². The van der Waals surface area contributed by atoms with Gasteiger partial charge in [-0.15, -0.1) is 0 Å². The highest BCUT2D eigenvalue weighted by Crippen LogP contribution is 2.27. The molecule has 4 rings (SSSR count). The van der Waals surface area contributed by atoms with Gasteiger partial charge in [0.2, 0.25) is 0 Å². The van der Waals surface area contributed by atoms with Crippen molar-refractivity contribution in [3.05, 3.63) is 42.4 Å². The maximum Gasteiger partial charge on any atom is 0.315 e. The summed E-state index contributed by atoms with van der Waals surface area (Å²) in [6.07, 6.45) is 10.1. The van der Waals surface area contributed by atoms with Crippen molar-refractivity contribution in [3.63, 3.8) is 0 Å². The Morgan fingerprint density at radius 2 is 2.20 bits per heavy atom. The smallest absolute Gasteiger partial charge is 0.315 e. The fraction of sp³-hybridized carbons (Fsp3) is 0.500. The normalized spacial score (nSPS) is 23.2. The molecule has 25 heavy (non-hydrogen) atoms. The summed E-state index contributed by atoms with van der Waals surface area (Å²) >= 11 is 0. The maximum atomic E-state index is 12.3. The quantitative estimate of drug-likeness (QED) is 0.888. The number of fused-ring (bicyclic) bond motifs is 1. The van der Waals surface area contributed by atoms with Crippen LogP contribution in [0.4, 0.5) is 4.79 Å². The topological polar surface area (TPSA) is 75.1 Å². The molecule has 2 unspecified atom stereocenters. The number of urea groups is 1. The highest BCUT2D eigenvalue weighted by Gasteiger charge is 2.36. The lowest BCUT2D eigenvalue weighted by Crippen LogP contribution is -2.49. The number of piperidine rings is 1. The number of pyridine rings is 1. The SMILES string of the molecule is O=C(NCc1ccnc(-n2cccn2)c1)NC1CCN2CCCCC12. The first-order chi connectivity index (χ1) is 12.3. The summed E-state index contributed by atoms with van der Waals surface area (Å²) in [6, 6.07) is 6.41. The number of aromatic nitrogens is 3. The summed E-state index contributed by atoms with van der Waals surface area (Å²) < 4.78 is 1.71. The Labute approximate surface area is 147 Å². The first kappa shape index (κ1) is 16.1. The third kappa shape index (κ3) is 3.66. The maximum absolute atomic E-state index is 12.3. The van der Waals surface area contributed by atoms with Crippen molar-refractivity contribution in [2.24, 2.45) is 0 Å². The minimum absolute atomic E-state index is 0.0881. The van der Waals surface area contributed by atoms with Gasteiger partial charge in [-0.1, -0.05) is 6.42 Å². The number of carbonyl (C=O) groups excluding carboxylic acids is 1. The molecule has 0 bridgehead atoms. The number of rotatable bonds is 4. The Morgan fingerprint density at radius 3 is 3.08 bits per heavy atom. The van der Waals surface area contributed by atoms with Crippen molar-refractivity contribution in [2.45, 2.75) is 44.3 Å². The molecule has 2 atom stereocenters. The largest absolute Gasteiger partial charge is 0.334 e. The van der Waals surface area contributed by atoms with E-state index in [1.54, 1.807) is 17.1 Å². The number of carbonyl (C=O) groups is 1. The zero-order valence-corrected chi connectivity index (χ0v) is 14.3. The number of hydrogen-bond donors (Lipinski definition) is 2. The summed E-state index contributed by atoms with van der Waals surface area (Å²) in [6.45, 7) is 2.76. The molecule has 2 aliphatic heterocycles. The number of hydrogen-bond acceptors (Lipinski definition) is 4. The zero-order valence-electron chi connectivity index (χ0n) is 14.3. The average Bonchev–Trinajstić information content (AvgIpc) is 3.31. The molecule has 7 heteroatoms. The van der Waals surface area contributed by atoms with Crippen LogP contribution in [0, 0.1) is 0 Å². The third-order valence-electron chi connectivity index (χ3n) is 5.17. The molecule has 0 aliphatic carbocycles. The molecule has 0 aromatic carbocycles. The van der Waals surface area contributed by atoms with E-state index in [0.717, 1.165) is 24.3 Å². The van der Waals surface area contributed by atoms with Crippen LogP contribution in [-0.2, 0) is 6.54 Å². The van der Waals surface area contributed by atoms with Crippen molar-refractivity contribution in [1.29, 1.82) is 0 Å². The van der Waals surface area contributed by atoms with E-state index in [0.29, 0.717) is 12.6 Å². The Bertz CT molecular complexity index is 716. The van der Waals surface area contributed by atoms with E-state index in [1.807, 2.05) is 24.4 Å². The first-order valence-electron chi connectivity index (χ1n) is 9.03. The third-order valence-corrected chi connectivity index (χ3v) is 5.17. The fourth-order valence-corrected chi connectivity index (χ4v) is 3.92. The summed E-state index contributed by atoms with van der Waals surface area (Å²) in [7, 11) is 0. The van der Waals surface area contributed by atoms with Gasteiger partial charge in [0.25, 0.3) is 0 Å². The van der Waals surface area contributed by atoms with Crippen molar-refractivity contribution >= 4 is 6.03 Å². The van der Waals surface area contributed by atoms with Gasteiger partial charge < -0.3 is 10.6 Å². The monoisotopic (exact) mass is 340 g/mol. The van der Waals surface area contributed by atoms with E-state index < -0.39 is 0 Å². The Hall–Kier alpha value is -2.41. The molecule has 2 N–H and O–H groups in total. The summed E-state index contributed by atoms with van der Waals surface area (Å²) in [5, 5.41) is 10.3.